The third-order valence-electron chi connectivity index (χ3n) is 4.19. The van der Waals surface area contributed by atoms with Crippen LogP contribution in [0.4, 0.5) is 13.2 Å². The van der Waals surface area contributed by atoms with E-state index in [0.29, 0.717) is 5.75 Å². The molecule has 0 aliphatic heterocycles. The molecule has 2 aromatic carbocycles. The molecule has 0 spiro atoms. The Hall–Kier alpha value is -3.22. The lowest BCUT2D eigenvalue weighted by Gasteiger charge is -2.23. The molecule has 1 heterocycles. The Morgan fingerprint density at radius 2 is 1.69 bits per heavy atom. The first-order valence-corrected chi connectivity index (χ1v) is 9.06. The Kier molecular flexibility index (Phi) is 6.59. The van der Waals surface area contributed by atoms with Gasteiger partial charge in [0.15, 0.2) is 0 Å². The minimum absolute atomic E-state index is 0.0325. The second kappa shape index (κ2) is 9.32. The molecule has 0 aliphatic rings. The zero-order valence-electron chi connectivity index (χ0n) is 15.6. The molecule has 0 atom stereocenters. The molecule has 0 aliphatic carbocycles. The van der Waals surface area contributed by atoms with Crippen molar-refractivity contribution >= 4 is 5.91 Å². The molecule has 0 saturated carbocycles. The summed E-state index contributed by atoms with van der Waals surface area (Å²) >= 11 is 0. The number of hydrogen-bond donors (Lipinski definition) is 0. The molecule has 0 saturated heterocycles. The quantitative estimate of drug-likeness (QED) is 0.512. The normalized spacial score (nSPS) is 11.3. The molecule has 1 amide bonds. The van der Waals surface area contributed by atoms with E-state index in [0.717, 1.165) is 16.0 Å². The molecule has 0 bridgehead atoms. The second-order valence-electron chi connectivity index (χ2n) is 6.40. The van der Waals surface area contributed by atoms with E-state index < -0.39 is 18.6 Å². The molecule has 4 nitrogen and oxygen atoms in total. The Labute approximate surface area is 166 Å². The summed E-state index contributed by atoms with van der Waals surface area (Å²) < 4.78 is 49.4. The first-order valence-electron chi connectivity index (χ1n) is 9.06. The number of carbonyl (C=O) groups excluding carboxylic acids is 1. The van der Waals surface area contributed by atoms with Gasteiger partial charge in [-0.3, -0.25) is 4.79 Å². The van der Waals surface area contributed by atoms with Crippen molar-refractivity contribution < 1.29 is 27.1 Å². The smallest absolute Gasteiger partial charge is 0.406 e. The van der Waals surface area contributed by atoms with E-state index in [2.05, 4.69) is 0 Å². The summed E-state index contributed by atoms with van der Waals surface area (Å²) in [6, 6.07) is 20.0. The summed E-state index contributed by atoms with van der Waals surface area (Å²) in [7, 11) is 0. The number of alkyl halides is 3. The molecule has 0 N–H and O–H groups in total. The maximum Gasteiger partial charge on any atom is 0.406 e. The minimum atomic E-state index is -4.50. The molecule has 1 aromatic heterocycles. The van der Waals surface area contributed by atoms with Gasteiger partial charge in [-0.15, -0.1) is 0 Å². The summed E-state index contributed by atoms with van der Waals surface area (Å²) in [5.74, 6) is 0.203. The van der Waals surface area contributed by atoms with E-state index in [1.54, 1.807) is 18.2 Å². The van der Waals surface area contributed by atoms with Crippen LogP contribution in [-0.2, 0) is 11.3 Å². The topological polar surface area (TPSA) is 42.7 Å². The number of benzene rings is 2. The minimum Gasteiger partial charge on any atom is -0.492 e. The van der Waals surface area contributed by atoms with E-state index in [-0.39, 0.29) is 25.3 Å². The zero-order valence-corrected chi connectivity index (χ0v) is 15.6. The monoisotopic (exact) mass is 403 g/mol. The van der Waals surface area contributed by atoms with E-state index in [1.807, 2.05) is 42.5 Å². The van der Waals surface area contributed by atoms with Gasteiger partial charge in [0.2, 0.25) is 5.91 Å². The first-order chi connectivity index (χ1) is 13.9. The van der Waals surface area contributed by atoms with Gasteiger partial charge in [-0.2, -0.15) is 13.2 Å². The fraction of sp³-hybridized carbons (Fsp3) is 0.227. The van der Waals surface area contributed by atoms with Crippen molar-refractivity contribution in [1.29, 1.82) is 0 Å². The third kappa shape index (κ3) is 6.14. The number of ether oxygens (including phenoxy) is 1. The van der Waals surface area contributed by atoms with Gasteiger partial charge in [0.25, 0.3) is 0 Å². The number of amides is 1. The van der Waals surface area contributed by atoms with Gasteiger partial charge in [0.05, 0.1) is 25.8 Å². The Morgan fingerprint density at radius 1 is 0.966 bits per heavy atom. The number of hydrogen-bond acceptors (Lipinski definition) is 3. The van der Waals surface area contributed by atoms with Crippen LogP contribution in [0.5, 0.6) is 5.75 Å². The van der Waals surface area contributed by atoms with Crippen LogP contribution in [0.1, 0.15) is 12.2 Å². The van der Waals surface area contributed by atoms with Crippen molar-refractivity contribution in [1.82, 2.24) is 4.90 Å². The van der Waals surface area contributed by atoms with Crippen molar-refractivity contribution in [2.24, 2.45) is 0 Å². The van der Waals surface area contributed by atoms with Gasteiger partial charge in [0.1, 0.15) is 18.1 Å². The van der Waals surface area contributed by atoms with E-state index >= 15 is 0 Å². The highest BCUT2D eigenvalue weighted by atomic mass is 19.4. The highest BCUT2D eigenvalue weighted by Crippen LogP contribution is 2.29. The summed E-state index contributed by atoms with van der Waals surface area (Å²) in [5, 5.41) is 0. The third-order valence-corrected chi connectivity index (χ3v) is 4.19. The van der Waals surface area contributed by atoms with Crippen LogP contribution in [-0.4, -0.2) is 30.1 Å². The molecule has 152 valence electrons. The van der Waals surface area contributed by atoms with Gasteiger partial charge >= 0.3 is 6.18 Å². The van der Waals surface area contributed by atoms with E-state index in [4.69, 9.17) is 9.15 Å². The maximum atomic E-state index is 12.9. The highest BCUT2D eigenvalue weighted by molar-refractivity contribution is 5.76. The summed E-state index contributed by atoms with van der Waals surface area (Å²) in [6.07, 6.45) is -3.32. The standard InChI is InChI=1S/C22H20F3NO3/c23-22(24,25)16-26(15-18-9-6-13-28-18)21(27)12-14-29-20-11-5-4-10-19(20)17-7-2-1-3-8-17/h1-11,13H,12,14-16H2. The SMILES string of the molecule is O=C(CCOc1ccccc1-c1ccccc1)N(Cc1ccco1)CC(F)(F)F. The van der Waals surface area contributed by atoms with Gasteiger partial charge in [-0.1, -0.05) is 48.5 Å². The van der Waals surface area contributed by atoms with Crippen molar-refractivity contribution in [2.75, 3.05) is 13.2 Å². The highest BCUT2D eigenvalue weighted by Gasteiger charge is 2.33. The lowest BCUT2D eigenvalue weighted by Crippen LogP contribution is -2.39. The predicted molar refractivity (Wildman–Crippen MR) is 102 cm³/mol. The molecule has 0 fully saturated rings. The van der Waals surface area contributed by atoms with Crippen molar-refractivity contribution in [3.05, 3.63) is 78.8 Å². The first kappa shape index (κ1) is 20.5. The van der Waals surface area contributed by atoms with E-state index in [9.17, 15) is 18.0 Å². The Bertz CT molecular complexity index is 909. The average molecular weight is 403 g/mol. The molecule has 0 unspecified atom stereocenters. The zero-order chi connectivity index (χ0) is 20.7. The number of rotatable bonds is 8. The van der Waals surface area contributed by atoms with Crippen molar-refractivity contribution in [3.8, 4) is 16.9 Å². The lowest BCUT2D eigenvalue weighted by molar-refractivity contribution is -0.163. The van der Waals surface area contributed by atoms with Gasteiger partial charge in [-0.25, -0.2) is 0 Å². The van der Waals surface area contributed by atoms with Crippen LogP contribution in [0, 0.1) is 0 Å². The molecule has 0 radical (unpaired) electrons. The Morgan fingerprint density at radius 3 is 2.38 bits per heavy atom. The fourth-order valence-electron chi connectivity index (χ4n) is 2.89. The molecule has 3 aromatic rings. The van der Waals surface area contributed by atoms with Crippen LogP contribution in [0.2, 0.25) is 0 Å². The second-order valence-corrected chi connectivity index (χ2v) is 6.40. The van der Waals surface area contributed by atoms with Gasteiger partial charge < -0.3 is 14.1 Å². The number of furan rings is 1. The average Bonchev–Trinajstić information content (AvgIpc) is 3.20. The van der Waals surface area contributed by atoms with Gasteiger partial charge in [-0.05, 0) is 23.8 Å². The summed E-state index contributed by atoms with van der Waals surface area (Å²) in [5.41, 5.74) is 1.80. The number of nitrogens with zero attached hydrogens (tertiary/aromatic N) is 1. The molecular weight excluding hydrogens is 383 g/mol. The Balaban J connectivity index is 1.63. The fourth-order valence-corrected chi connectivity index (χ4v) is 2.89. The summed E-state index contributed by atoms with van der Waals surface area (Å²) in [4.78, 5) is 13.1. The predicted octanol–water partition coefficient (Wildman–Crippen LogP) is 5.31. The largest absolute Gasteiger partial charge is 0.492 e. The van der Waals surface area contributed by atoms with Crippen LogP contribution in [0.15, 0.2) is 77.4 Å². The summed E-state index contributed by atoms with van der Waals surface area (Å²) in [6.45, 7) is -1.62. The number of para-hydroxylation sites is 1. The molecular formula is C22H20F3NO3. The number of carbonyl (C=O) groups is 1. The van der Waals surface area contributed by atoms with Crippen LogP contribution in [0.3, 0.4) is 0 Å². The van der Waals surface area contributed by atoms with Crippen LogP contribution in [0.25, 0.3) is 11.1 Å². The maximum absolute atomic E-state index is 12.9. The molecule has 7 heteroatoms. The van der Waals surface area contributed by atoms with E-state index in [1.165, 1.54) is 12.3 Å². The van der Waals surface area contributed by atoms with Crippen LogP contribution >= 0.6 is 0 Å². The van der Waals surface area contributed by atoms with Gasteiger partial charge in [0, 0.05) is 5.56 Å². The molecule has 3 rings (SSSR count). The lowest BCUT2D eigenvalue weighted by atomic mass is 10.1. The molecule has 29 heavy (non-hydrogen) atoms. The van der Waals surface area contributed by atoms with Crippen molar-refractivity contribution in [2.45, 2.75) is 19.1 Å². The number of halogens is 3. The van der Waals surface area contributed by atoms with Crippen molar-refractivity contribution in [3.63, 3.8) is 0 Å². The van der Waals surface area contributed by atoms with Crippen LogP contribution < -0.4 is 4.74 Å².